The minimum atomic E-state index is 0.120. The molecule has 1 aromatic carbocycles. The topological polar surface area (TPSA) is 40.9 Å². The summed E-state index contributed by atoms with van der Waals surface area (Å²) in [5, 5.41) is 8.97. The molecule has 0 N–H and O–H groups in total. The molecule has 0 radical (unpaired) electrons. The van der Waals surface area contributed by atoms with Crippen LogP contribution in [0.15, 0.2) is 24.3 Å². The van der Waals surface area contributed by atoms with E-state index in [2.05, 4.69) is 15.9 Å². The molecule has 0 amide bonds. The fraction of sp³-hybridized carbons (Fsp3) is 0.200. The number of hydrogen-bond donors (Lipinski definition) is 0. The van der Waals surface area contributed by atoms with Crippen molar-refractivity contribution in [3.05, 3.63) is 35.4 Å². The van der Waals surface area contributed by atoms with Crippen molar-refractivity contribution in [2.24, 2.45) is 0 Å². The molecular formula is C10H8BrNO. The quantitative estimate of drug-likeness (QED) is 0.756. The number of halogens is 1. The molecular weight excluding hydrogens is 230 g/mol. The van der Waals surface area contributed by atoms with Crippen LogP contribution in [0.1, 0.15) is 11.1 Å². The standard InChI is InChI=1S/C10H8BrNO/c11-6-10(13)5-8-2-1-3-9(4-8)7-12/h1-4H,5-6H2. The average Bonchev–Trinajstić information content (AvgIpc) is 2.18. The van der Waals surface area contributed by atoms with Crippen LogP contribution in [0, 0.1) is 11.3 Å². The summed E-state index contributed by atoms with van der Waals surface area (Å²) in [5.74, 6) is 0.120. The van der Waals surface area contributed by atoms with Gasteiger partial charge in [0.15, 0.2) is 0 Å². The van der Waals surface area contributed by atoms with E-state index >= 15 is 0 Å². The van der Waals surface area contributed by atoms with E-state index in [1.165, 1.54) is 0 Å². The molecule has 1 rings (SSSR count). The summed E-state index contributed by atoms with van der Waals surface area (Å²) >= 11 is 3.09. The van der Waals surface area contributed by atoms with Gasteiger partial charge in [0.25, 0.3) is 0 Å². The van der Waals surface area contributed by atoms with Gasteiger partial charge in [-0.15, -0.1) is 0 Å². The second kappa shape index (κ2) is 4.78. The molecule has 0 aliphatic carbocycles. The highest BCUT2D eigenvalue weighted by molar-refractivity contribution is 9.09. The maximum atomic E-state index is 11.1. The molecule has 0 saturated carbocycles. The summed E-state index contributed by atoms with van der Waals surface area (Å²) in [4.78, 5) is 11.1. The highest BCUT2D eigenvalue weighted by Crippen LogP contribution is 2.05. The van der Waals surface area contributed by atoms with E-state index in [4.69, 9.17) is 5.26 Å². The Morgan fingerprint density at radius 1 is 1.54 bits per heavy atom. The largest absolute Gasteiger partial charge is 0.298 e. The predicted molar refractivity (Wildman–Crippen MR) is 53.7 cm³/mol. The molecule has 13 heavy (non-hydrogen) atoms. The summed E-state index contributed by atoms with van der Waals surface area (Å²) in [7, 11) is 0. The van der Waals surface area contributed by atoms with Crippen molar-refractivity contribution in [2.75, 3.05) is 5.33 Å². The van der Waals surface area contributed by atoms with E-state index in [-0.39, 0.29) is 5.78 Å². The fourth-order valence-corrected chi connectivity index (χ4v) is 1.22. The number of nitriles is 1. The summed E-state index contributed by atoms with van der Waals surface area (Å²) in [5.41, 5.74) is 1.49. The van der Waals surface area contributed by atoms with Gasteiger partial charge in [-0.05, 0) is 17.7 Å². The smallest absolute Gasteiger partial charge is 0.147 e. The van der Waals surface area contributed by atoms with Crippen LogP contribution in [-0.2, 0) is 11.2 Å². The van der Waals surface area contributed by atoms with Crippen LogP contribution in [0.3, 0.4) is 0 Å². The maximum absolute atomic E-state index is 11.1. The Bertz CT molecular complexity index is 354. The van der Waals surface area contributed by atoms with Crippen molar-refractivity contribution in [1.29, 1.82) is 5.26 Å². The molecule has 66 valence electrons. The lowest BCUT2D eigenvalue weighted by Crippen LogP contribution is -2.03. The summed E-state index contributed by atoms with van der Waals surface area (Å²) in [6.45, 7) is 0. The lowest BCUT2D eigenvalue weighted by atomic mass is 10.1. The minimum absolute atomic E-state index is 0.120. The maximum Gasteiger partial charge on any atom is 0.147 e. The third kappa shape index (κ3) is 3.00. The van der Waals surface area contributed by atoms with Crippen molar-refractivity contribution in [3.63, 3.8) is 0 Å². The normalized spacial score (nSPS) is 9.23. The molecule has 0 aliphatic heterocycles. The van der Waals surface area contributed by atoms with Crippen LogP contribution >= 0.6 is 15.9 Å². The molecule has 0 fully saturated rings. The molecule has 0 unspecified atom stereocenters. The fourth-order valence-electron chi connectivity index (χ4n) is 1.03. The Hall–Kier alpha value is -1.14. The predicted octanol–water partition coefficient (Wildman–Crippen LogP) is 2.06. The van der Waals surface area contributed by atoms with Crippen molar-refractivity contribution in [2.45, 2.75) is 6.42 Å². The molecule has 0 bridgehead atoms. The van der Waals surface area contributed by atoms with Crippen LogP contribution in [0.5, 0.6) is 0 Å². The monoisotopic (exact) mass is 237 g/mol. The van der Waals surface area contributed by atoms with Crippen molar-refractivity contribution < 1.29 is 4.79 Å². The summed E-state index contributed by atoms with van der Waals surface area (Å²) < 4.78 is 0. The zero-order valence-corrected chi connectivity index (χ0v) is 8.54. The van der Waals surface area contributed by atoms with Crippen molar-refractivity contribution in [3.8, 4) is 6.07 Å². The van der Waals surface area contributed by atoms with Gasteiger partial charge in [-0.1, -0.05) is 28.1 Å². The van der Waals surface area contributed by atoms with Crippen molar-refractivity contribution in [1.82, 2.24) is 0 Å². The third-order valence-corrected chi connectivity index (χ3v) is 2.23. The van der Waals surface area contributed by atoms with E-state index in [0.29, 0.717) is 17.3 Å². The highest BCUT2D eigenvalue weighted by Gasteiger charge is 2.01. The Kier molecular flexibility index (Phi) is 3.66. The molecule has 2 nitrogen and oxygen atoms in total. The second-order valence-corrected chi connectivity index (χ2v) is 3.22. The Morgan fingerprint density at radius 2 is 2.31 bits per heavy atom. The third-order valence-electron chi connectivity index (χ3n) is 1.61. The molecule has 3 heteroatoms. The Morgan fingerprint density at radius 3 is 2.92 bits per heavy atom. The molecule has 1 aromatic rings. The number of ketones is 1. The first-order chi connectivity index (χ1) is 6.26. The summed E-state index contributed by atoms with van der Waals surface area (Å²) in [6, 6.07) is 9.13. The van der Waals surface area contributed by atoms with Gasteiger partial charge in [0.05, 0.1) is 17.0 Å². The van der Waals surface area contributed by atoms with Gasteiger partial charge in [-0.2, -0.15) is 5.26 Å². The Labute approximate surface area is 85.3 Å². The van der Waals surface area contributed by atoms with Gasteiger partial charge < -0.3 is 0 Å². The van der Waals surface area contributed by atoms with Crippen molar-refractivity contribution >= 4 is 21.7 Å². The van der Waals surface area contributed by atoms with E-state index in [0.717, 1.165) is 5.56 Å². The SMILES string of the molecule is N#Cc1cccc(CC(=O)CBr)c1. The number of alkyl halides is 1. The molecule has 0 aliphatic rings. The lowest BCUT2D eigenvalue weighted by molar-refractivity contribution is -0.115. The molecule has 0 aromatic heterocycles. The second-order valence-electron chi connectivity index (χ2n) is 2.66. The zero-order valence-electron chi connectivity index (χ0n) is 6.96. The number of carbonyl (C=O) groups excluding carboxylic acids is 1. The van der Waals surface area contributed by atoms with E-state index in [9.17, 15) is 4.79 Å². The number of hydrogen-bond acceptors (Lipinski definition) is 2. The van der Waals surface area contributed by atoms with Crippen LogP contribution in [-0.4, -0.2) is 11.1 Å². The summed E-state index contributed by atoms with van der Waals surface area (Å²) in [6.07, 6.45) is 0.390. The van der Waals surface area contributed by atoms with Gasteiger partial charge in [0, 0.05) is 6.42 Å². The molecule has 0 saturated heterocycles. The first-order valence-electron chi connectivity index (χ1n) is 3.83. The van der Waals surface area contributed by atoms with Gasteiger partial charge in [0.1, 0.15) is 5.78 Å². The van der Waals surface area contributed by atoms with E-state index in [1.54, 1.807) is 18.2 Å². The lowest BCUT2D eigenvalue weighted by Gasteiger charge is -1.97. The van der Waals surface area contributed by atoms with E-state index < -0.39 is 0 Å². The molecule has 0 atom stereocenters. The van der Waals surface area contributed by atoms with Crippen LogP contribution in [0.25, 0.3) is 0 Å². The first kappa shape index (κ1) is 9.94. The van der Waals surface area contributed by atoms with Crippen LogP contribution < -0.4 is 0 Å². The Balaban J connectivity index is 2.79. The average molecular weight is 238 g/mol. The number of rotatable bonds is 3. The number of Topliss-reactive ketones (excluding diaryl/α,β-unsaturated/α-hetero) is 1. The van der Waals surface area contributed by atoms with Gasteiger partial charge in [-0.25, -0.2) is 0 Å². The van der Waals surface area contributed by atoms with Crippen LogP contribution in [0.4, 0.5) is 0 Å². The van der Waals surface area contributed by atoms with E-state index in [1.807, 2.05) is 12.1 Å². The number of benzene rings is 1. The van der Waals surface area contributed by atoms with Gasteiger partial charge in [-0.3, -0.25) is 4.79 Å². The molecule has 0 spiro atoms. The van der Waals surface area contributed by atoms with Gasteiger partial charge in [0.2, 0.25) is 0 Å². The van der Waals surface area contributed by atoms with Gasteiger partial charge >= 0.3 is 0 Å². The number of carbonyl (C=O) groups is 1. The van der Waals surface area contributed by atoms with Crippen LogP contribution in [0.2, 0.25) is 0 Å². The highest BCUT2D eigenvalue weighted by atomic mass is 79.9. The zero-order chi connectivity index (χ0) is 9.68. The first-order valence-corrected chi connectivity index (χ1v) is 4.95. The minimum Gasteiger partial charge on any atom is -0.298 e. The molecule has 0 heterocycles. The number of nitrogens with zero attached hydrogens (tertiary/aromatic N) is 1.